The quantitative estimate of drug-likeness (QED) is 0.583. The van der Waals surface area contributed by atoms with Crippen molar-refractivity contribution in [2.75, 3.05) is 26.8 Å². The second-order valence-corrected chi connectivity index (χ2v) is 2.74. The van der Waals surface area contributed by atoms with Crippen LogP contribution in [0.3, 0.4) is 0 Å². The molecular formula is C8H15NO. The molecule has 10 heavy (non-hydrogen) atoms. The summed E-state index contributed by atoms with van der Waals surface area (Å²) in [5.74, 6) is 0.588. The minimum atomic E-state index is 0.588. The minimum absolute atomic E-state index is 0.588. The Bertz CT molecular complexity index is 122. The van der Waals surface area contributed by atoms with Crippen LogP contribution in [0.25, 0.3) is 0 Å². The third-order valence-electron chi connectivity index (χ3n) is 2.07. The predicted octanol–water partition coefficient (Wildman–Crippen LogP) is 1.10. The number of rotatable bonds is 3. The highest BCUT2D eigenvalue weighted by molar-refractivity contribution is 5.01. The van der Waals surface area contributed by atoms with Crippen molar-refractivity contribution in [3.63, 3.8) is 0 Å². The molecule has 0 aromatic carbocycles. The van der Waals surface area contributed by atoms with Crippen molar-refractivity contribution < 1.29 is 4.74 Å². The van der Waals surface area contributed by atoms with E-state index < -0.39 is 0 Å². The number of hydrogen-bond acceptors (Lipinski definition) is 2. The normalized spacial score (nSPS) is 18.2. The van der Waals surface area contributed by atoms with Gasteiger partial charge in [0.2, 0.25) is 0 Å². The summed E-state index contributed by atoms with van der Waals surface area (Å²) in [6, 6.07) is 0. The van der Waals surface area contributed by atoms with Crippen LogP contribution < -0.4 is 0 Å². The van der Waals surface area contributed by atoms with Gasteiger partial charge in [-0.3, -0.25) is 0 Å². The summed E-state index contributed by atoms with van der Waals surface area (Å²) in [6.07, 6.45) is 0. The van der Waals surface area contributed by atoms with E-state index in [0.29, 0.717) is 5.92 Å². The van der Waals surface area contributed by atoms with E-state index in [2.05, 4.69) is 25.5 Å². The van der Waals surface area contributed by atoms with Crippen LogP contribution in [0.4, 0.5) is 0 Å². The topological polar surface area (TPSA) is 12.5 Å². The maximum absolute atomic E-state index is 5.06. The molecule has 58 valence electrons. The summed E-state index contributed by atoms with van der Waals surface area (Å²) >= 11 is 0. The zero-order chi connectivity index (χ0) is 7.56. The molecule has 0 aromatic heterocycles. The van der Waals surface area contributed by atoms with Gasteiger partial charge >= 0.3 is 0 Å². The van der Waals surface area contributed by atoms with Crippen molar-refractivity contribution >= 4 is 0 Å². The van der Waals surface area contributed by atoms with E-state index in [0.717, 1.165) is 19.8 Å². The summed E-state index contributed by atoms with van der Waals surface area (Å²) < 4.78 is 5.06. The van der Waals surface area contributed by atoms with E-state index in [1.165, 1.54) is 5.70 Å². The lowest BCUT2D eigenvalue weighted by Crippen LogP contribution is -2.35. The lowest BCUT2D eigenvalue weighted by atomic mass is 10.0. The van der Waals surface area contributed by atoms with E-state index in [-0.39, 0.29) is 0 Å². The van der Waals surface area contributed by atoms with Crippen molar-refractivity contribution in [2.24, 2.45) is 5.92 Å². The van der Waals surface area contributed by atoms with Gasteiger partial charge in [-0.15, -0.1) is 0 Å². The molecule has 0 aromatic rings. The van der Waals surface area contributed by atoms with Crippen molar-refractivity contribution in [3.05, 3.63) is 12.3 Å². The van der Waals surface area contributed by atoms with Crippen molar-refractivity contribution in [2.45, 2.75) is 6.92 Å². The van der Waals surface area contributed by atoms with Crippen molar-refractivity contribution in [1.82, 2.24) is 4.90 Å². The molecule has 2 nitrogen and oxygen atoms in total. The standard InChI is InChI=1S/C8H15NO/c1-4-9(3)7(2)8-5-10-6-8/h8H,2,4-6H2,1,3H3. The first-order valence-corrected chi connectivity index (χ1v) is 3.73. The van der Waals surface area contributed by atoms with Crippen LogP contribution in [0.5, 0.6) is 0 Å². The van der Waals surface area contributed by atoms with Crippen LogP contribution in [0, 0.1) is 5.92 Å². The Labute approximate surface area is 62.5 Å². The second-order valence-electron chi connectivity index (χ2n) is 2.74. The fraction of sp³-hybridized carbons (Fsp3) is 0.750. The molecule has 1 fully saturated rings. The van der Waals surface area contributed by atoms with Gasteiger partial charge in [-0.25, -0.2) is 0 Å². The van der Waals surface area contributed by atoms with Crippen molar-refractivity contribution in [1.29, 1.82) is 0 Å². The van der Waals surface area contributed by atoms with Gasteiger partial charge in [0.15, 0.2) is 0 Å². The van der Waals surface area contributed by atoms with Gasteiger partial charge in [0.05, 0.1) is 13.2 Å². The average molecular weight is 141 g/mol. The molecule has 1 heterocycles. The van der Waals surface area contributed by atoms with E-state index in [1.807, 2.05) is 0 Å². The molecule has 0 N–H and O–H groups in total. The Morgan fingerprint density at radius 1 is 1.70 bits per heavy atom. The van der Waals surface area contributed by atoms with E-state index >= 15 is 0 Å². The van der Waals surface area contributed by atoms with Crippen LogP contribution >= 0.6 is 0 Å². The minimum Gasteiger partial charge on any atom is -0.380 e. The SMILES string of the molecule is C=C(C1COC1)N(C)CC. The van der Waals surface area contributed by atoms with Gasteiger partial charge in [0, 0.05) is 25.2 Å². The van der Waals surface area contributed by atoms with Gasteiger partial charge in [0.1, 0.15) is 0 Å². The molecule has 0 radical (unpaired) electrons. The molecule has 1 aliphatic rings. The Balaban J connectivity index is 2.32. The first-order chi connectivity index (χ1) is 4.75. The Kier molecular flexibility index (Phi) is 2.33. The van der Waals surface area contributed by atoms with E-state index in [1.54, 1.807) is 0 Å². The molecule has 0 unspecified atom stereocenters. The third kappa shape index (κ3) is 1.32. The molecule has 0 aliphatic carbocycles. The Hall–Kier alpha value is -0.500. The molecule has 2 heteroatoms. The zero-order valence-corrected chi connectivity index (χ0v) is 6.76. The largest absolute Gasteiger partial charge is 0.380 e. The molecule has 0 spiro atoms. The highest BCUT2D eigenvalue weighted by Crippen LogP contribution is 2.20. The van der Waals surface area contributed by atoms with Crippen LogP contribution in [0.2, 0.25) is 0 Å². The maximum atomic E-state index is 5.06. The Morgan fingerprint density at radius 2 is 2.30 bits per heavy atom. The van der Waals surface area contributed by atoms with Crippen LogP contribution in [0.15, 0.2) is 12.3 Å². The van der Waals surface area contributed by atoms with Crippen molar-refractivity contribution in [3.8, 4) is 0 Å². The summed E-state index contributed by atoms with van der Waals surface area (Å²) in [7, 11) is 2.07. The summed E-state index contributed by atoms with van der Waals surface area (Å²) in [6.45, 7) is 8.89. The lowest BCUT2D eigenvalue weighted by molar-refractivity contribution is -0.0233. The number of nitrogens with zero attached hydrogens (tertiary/aromatic N) is 1. The molecular weight excluding hydrogens is 126 g/mol. The second kappa shape index (κ2) is 3.06. The molecule has 1 rings (SSSR count). The van der Waals surface area contributed by atoms with E-state index in [4.69, 9.17) is 4.74 Å². The molecule has 1 aliphatic heterocycles. The fourth-order valence-electron chi connectivity index (χ4n) is 0.943. The predicted molar refractivity (Wildman–Crippen MR) is 41.8 cm³/mol. The van der Waals surface area contributed by atoms with Gasteiger partial charge in [-0.05, 0) is 6.92 Å². The number of ether oxygens (including phenoxy) is 1. The fourth-order valence-corrected chi connectivity index (χ4v) is 0.943. The average Bonchev–Trinajstić information content (AvgIpc) is 1.82. The highest BCUT2D eigenvalue weighted by atomic mass is 16.5. The van der Waals surface area contributed by atoms with Gasteiger partial charge in [-0.1, -0.05) is 6.58 Å². The van der Waals surface area contributed by atoms with Gasteiger partial charge in [-0.2, -0.15) is 0 Å². The number of hydrogen-bond donors (Lipinski definition) is 0. The summed E-state index contributed by atoms with van der Waals surface area (Å²) in [5.41, 5.74) is 1.22. The molecule has 1 saturated heterocycles. The van der Waals surface area contributed by atoms with Gasteiger partial charge < -0.3 is 9.64 Å². The lowest BCUT2D eigenvalue weighted by Gasteiger charge is -2.33. The van der Waals surface area contributed by atoms with Crippen LogP contribution in [0.1, 0.15) is 6.92 Å². The molecule has 0 saturated carbocycles. The van der Waals surface area contributed by atoms with Crippen LogP contribution in [-0.2, 0) is 4.74 Å². The zero-order valence-electron chi connectivity index (χ0n) is 6.76. The summed E-state index contributed by atoms with van der Waals surface area (Å²) in [4.78, 5) is 2.17. The third-order valence-corrected chi connectivity index (χ3v) is 2.07. The highest BCUT2D eigenvalue weighted by Gasteiger charge is 2.22. The molecule has 0 amide bonds. The molecule has 0 bridgehead atoms. The molecule has 0 atom stereocenters. The first-order valence-electron chi connectivity index (χ1n) is 3.73. The van der Waals surface area contributed by atoms with E-state index in [9.17, 15) is 0 Å². The van der Waals surface area contributed by atoms with Gasteiger partial charge in [0.25, 0.3) is 0 Å². The Morgan fingerprint density at radius 3 is 2.60 bits per heavy atom. The first kappa shape index (κ1) is 7.61. The summed E-state index contributed by atoms with van der Waals surface area (Å²) in [5, 5.41) is 0. The monoisotopic (exact) mass is 141 g/mol. The smallest absolute Gasteiger partial charge is 0.0571 e. The maximum Gasteiger partial charge on any atom is 0.0571 e. The van der Waals surface area contributed by atoms with Crippen LogP contribution in [-0.4, -0.2) is 31.7 Å².